The predicted octanol–water partition coefficient (Wildman–Crippen LogP) is 2.27. The second-order valence-corrected chi connectivity index (χ2v) is 5.12. The molecule has 1 aromatic carbocycles. The molecule has 2 N–H and O–H groups in total. The van der Waals surface area contributed by atoms with E-state index in [1.54, 1.807) is 0 Å². The summed E-state index contributed by atoms with van der Waals surface area (Å²) >= 11 is 5.93. The minimum Gasteiger partial charge on any atom is -0.346 e. The lowest BCUT2D eigenvalue weighted by molar-refractivity contribution is -0.116. The minimum absolute atomic E-state index is 0.140. The minimum atomic E-state index is -0.199. The van der Waals surface area contributed by atoms with Crippen LogP contribution in [0.25, 0.3) is 0 Å². The number of rotatable bonds is 5. The van der Waals surface area contributed by atoms with Crippen molar-refractivity contribution in [1.82, 2.24) is 25.2 Å². The van der Waals surface area contributed by atoms with Crippen molar-refractivity contribution in [3.05, 3.63) is 59.4 Å². The van der Waals surface area contributed by atoms with Gasteiger partial charge in [-0.2, -0.15) is 5.21 Å². The predicted molar refractivity (Wildman–Crippen MR) is 81.4 cm³/mol. The summed E-state index contributed by atoms with van der Waals surface area (Å²) in [4.78, 5) is 12.2. The Hall–Kier alpha value is -2.67. The Labute approximate surface area is 131 Å². The lowest BCUT2D eigenvalue weighted by Crippen LogP contribution is -2.20. The monoisotopic (exact) mass is 316 g/mol. The molecule has 0 saturated heterocycles. The van der Waals surface area contributed by atoms with Crippen LogP contribution in [-0.2, 0) is 4.79 Å². The van der Waals surface area contributed by atoms with Crippen LogP contribution in [0.4, 0.5) is 5.95 Å². The molecule has 0 fully saturated rings. The lowest BCUT2D eigenvalue weighted by Gasteiger charge is -2.19. The molecule has 0 bridgehead atoms. The molecule has 0 saturated carbocycles. The van der Waals surface area contributed by atoms with Crippen molar-refractivity contribution in [3.63, 3.8) is 0 Å². The number of hydrogen-bond acceptors (Lipinski definition) is 4. The van der Waals surface area contributed by atoms with E-state index in [0.717, 1.165) is 5.56 Å². The molecule has 3 aromatic rings. The summed E-state index contributed by atoms with van der Waals surface area (Å²) in [6.07, 6.45) is 4.08. The molecular formula is C14H13ClN6O. The Kier molecular flexibility index (Phi) is 4.15. The third-order valence-electron chi connectivity index (χ3n) is 3.22. The SMILES string of the molecule is O=C(C[C@H](c1ccc(Cl)cc1)n1cccc1)Nc1nn[nH]n1. The third kappa shape index (κ3) is 3.32. The molecule has 1 atom stereocenters. The number of anilines is 1. The highest BCUT2D eigenvalue weighted by molar-refractivity contribution is 6.30. The molecule has 7 nitrogen and oxygen atoms in total. The summed E-state index contributed by atoms with van der Waals surface area (Å²) < 4.78 is 1.97. The summed E-state index contributed by atoms with van der Waals surface area (Å²) in [6.45, 7) is 0. The topological polar surface area (TPSA) is 88.5 Å². The van der Waals surface area contributed by atoms with Crippen LogP contribution in [0.1, 0.15) is 18.0 Å². The van der Waals surface area contributed by atoms with Gasteiger partial charge in [-0.25, -0.2) is 0 Å². The van der Waals surface area contributed by atoms with Crippen LogP contribution in [-0.4, -0.2) is 31.1 Å². The summed E-state index contributed by atoms with van der Waals surface area (Å²) in [7, 11) is 0. The molecule has 0 spiro atoms. The van der Waals surface area contributed by atoms with Crippen LogP contribution in [0.15, 0.2) is 48.8 Å². The Morgan fingerprint density at radius 1 is 1.27 bits per heavy atom. The molecule has 0 unspecified atom stereocenters. The van der Waals surface area contributed by atoms with Gasteiger partial charge >= 0.3 is 0 Å². The molecule has 8 heteroatoms. The van der Waals surface area contributed by atoms with Crippen LogP contribution in [0.5, 0.6) is 0 Å². The quantitative estimate of drug-likeness (QED) is 0.755. The maximum absolute atomic E-state index is 12.2. The van der Waals surface area contributed by atoms with Crippen molar-refractivity contribution >= 4 is 23.5 Å². The largest absolute Gasteiger partial charge is 0.346 e. The Morgan fingerprint density at radius 3 is 2.64 bits per heavy atom. The van der Waals surface area contributed by atoms with E-state index in [-0.39, 0.29) is 24.3 Å². The number of tetrazole rings is 1. The van der Waals surface area contributed by atoms with Gasteiger partial charge in [0.25, 0.3) is 5.95 Å². The summed E-state index contributed by atoms with van der Waals surface area (Å²) in [6, 6.07) is 11.1. The van der Waals surface area contributed by atoms with E-state index in [2.05, 4.69) is 25.9 Å². The number of H-pyrrole nitrogens is 1. The van der Waals surface area contributed by atoms with E-state index in [4.69, 9.17) is 11.6 Å². The average molecular weight is 317 g/mol. The highest BCUT2D eigenvalue weighted by Gasteiger charge is 2.18. The number of aromatic amines is 1. The van der Waals surface area contributed by atoms with Gasteiger partial charge in [0.1, 0.15) is 0 Å². The molecule has 112 valence electrons. The van der Waals surface area contributed by atoms with Crippen LogP contribution in [0, 0.1) is 0 Å². The fraction of sp³-hybridized carbons (Fsp3) is 0.143. The number of amides is 1. The van der Waals surface area contributed by atoms with Crippen LogP contribution in [0.3, 0.4) is 0 Å². The first-order chi connectivity index (χ1) is 10.7. The van der Waals surface area contributed by atoms with E-state index >= 15 is 0 Å². The average Bonchev–Trinajstić information content (AvgIpc) is 3.19. The fourth-order valence-corrected chi connectivity index (χ4v) is 2.33. The highest BCUT2D eigenvalue weighted by Crippen LogP contribution is 2.24. The van der Waals surface area contributed by atoms with E-state index < -0.39 is 0 Å². The van der Waals surface area contributed by atoms with E-state index in [1.165, 1.54) is 0 Å². The molecule has 22 heavy (non-hydrogen) atoms. The normalized spacial score (nSPS) is 12.0. The van der Waals surface area contributed by atoms with Gasteiger partial charge < -0.3 is 4.57 Å². The number of nitrogens with zero attached hydrogens (tertiary/aromatic N) is 4. The maximum Gasteiger partial charge on any atom is 0.269 e. The van der Waals surface area contributed by atoms with Crippen molar-refractivity contribution in [1.29, 1.82) is 0 Å². The number of halogens is 1. The zero-order valence-electron chi connectivity index (χ0n) is 11.5. The molecule has 0 aliphatic carbocycles. The Bertz CT molecular complexity index is 723. The van der Waals surface area contributed by atoms with Gasteiger partial charge in [0.2, 0.25) is 5.91 Å². The van der Waals surface area contributed by atoms with Crippen LogP contribution in [0.2, 0.25) is 5.02 Å². The van der Waals surface area contributed by atoms with Gasteiger partial charge in [0.05, 0.1) is 12.5 Å². The zero-order valence-corrected chi connectivity index (χ0v) is 12.2. The van der Waals surface area contributed by atoms with Crippen molar-refractivity contribution in [2.45, 2.75) is 12.5 Å². The van der Waals surface area contributed by atoms with Gasteiger partial charge in [-0.1, -0.05) is 28.8 Å². The molecule has 0 aliphatic heterocycles. The van der Waals surface area contributed by atoms with Crippen molar-refractivity contribution in [2.75, 3.05) is 5.32 Å². The van der Waals surface area contributed by atoms with Gasteiger partial charge in [-0.05, 0) is 35.0 Å². The zero-order chi connectivity index (χ0) is 15.4. The van der Waals surface area contributed by atoms with Gasteiger partial charge in [0, 0.05) is 17.4 Å². The van der Waals surface area contributed by atoms with Crippen LogP contribution >= 0.6 is 11.6 Å². The van der Waals surface area contributed by atoms with Crippen molar-refractivity contribution in [2.24, 2.45) is 0 Å². The van der Waals surface area contributed by atoms with Gasteiger partial charge in [0.15, 0.2) is 0 Å². The van der Waals surface area contributed by atoms with E-state index in [0.29, 0.717) is 5.02 Å². The summed E-state index contributed by atoms with van der Waals surface area (Å²) in [5.74, 6) is -0.0394. The molecule has 0 radical (unpaired) electrons. The first-order valence-corrected chi connectivity index (χ1v) is 7.01. The molecule has 1 amide bonds. The lowest BCUT2D eigenvalue weighted by atomic mass is 10.0. The molecular weight excluding hydrogens is 304 g/mol. The number of hydrogen-bond donors (Lipinski definition) is 2. The van der Waals surface area contributed by atoms with Crippen molar-refractivity contribution in [3.8, 4) is 0 Å². The smallest absolute Gasteiger partial charge is 0.269 e. The second-order valence-electron chi connectivity index (χ2n) is 4.69. The fourth-order valence-electron chi connectivity index (χ4n) is 2.20. The highest BCUT2D eigenvalue weighted by atomic mass is 35.5. The first kappa shape index (κ1) is 14.3. The van der Waals surface area contributed by atoms with Crippen molar-refractivity contribution < 1.29 is 4.79 Å². The standard InChI is InChI=1S/C14H13ClN6O/c15-11-5-3-10(4-6-11)12(21-7-1-2-8-21)9-13(22)16-14-17-19-20-18-14/h1-8,12H,9H2,(H2,16,17,18,19,20,22)/t12-/m1/s1. The number of nitrogens with one attached hydrogen (secondary N) is 2. The number of aromatic nitrogens is 5. The molecule has 3 rings (SSSR count). The van der Waals surface area contributed by atoms with E-state index in [1.807, 2.05) is 53.4 Å². The van der Waals surface area contributed by atoms with Gasteiger partial charge in [-0.15, -0.1) is 5.10 Å². The molecule has 2 aromatic heterocycles. The number of carbonyl (C=O) groups excluding carboxylic acids is 1. The van der Waals surface area contributed by atoms with Crippen LogP contribution < -0.4 is 5.32 Å². The molecule has 0 aliphatic rings. The first-order valence-electron chi connectivity index (χ1n) is 6.63. The summed E-state index contributed by atoms with van der Waals surface area (Å²) in [5, 5.41) is 16.4. The maximum atomic E-state index is 12.2. The summed E-state index contributed by atoms with van der Waals surface area (Å²) in [5.41, 5.74) is 0.990. The molecule has 2 heterocycles. The number of carbonyl (C=O) groups is 1. The Balaban J connectivity index is 1.80. The Morgan fingerprint density at radius 2 is 2.00 bits per heavy atom. The van der Waals surface area contributed by atoms with Gasteiger partial charge in [-0.3, -0.25) is 10.1 Å². The third-order valence-corrected chi connectivity index (χ3v) is 3.47. The van der Waals surface area contributed by atoms with E-state index in [9.17, 15) is 4.79 Å². The number of benzene rings is 1. The second kappa shape index (κ2) is 6.40.